The van der Waals surface area contributed by atoms with Crippen LogP contribution < -0.4 is 5.19 Å². The van der Waals surface area contributed by atoms with Crippen molar-refractivity contribution in [2.45, 2.75) is 65.1 Å². The molecule has 7 heteroatoms. The van der Waals surface area contributed by atoms with Crippen LogP contribution in [0.3, 0.4) is 0 Å². The zero-order valence-electron chi connectivity index (χ0n) is 16.2. The second kappa shape index (κ2) is 11.7. The largest absolute Gasteiger partial charge is 0.543 e. The Bertz CT molecular complexity index is 550. The van der Waals surface area contributed by atoms with E-state index >= 15 is 0 Å². The summed E-state index contributed by atoms with van der Waals surface area (Å²) in [6.45, 7) is 9.06. The van der Waals surface area contributed by atoms with Crippen molar-refractivity contribution in [1.29, 1.82) is 0 Å². The fraction of sp³-hybridized carbons (Fsp3) is 0.579. The van der Waals surface area contributed by atoms with Crippen molar-refractivity contribution in [3.63, 3.8) is 0 Å². The Morgan fingerprint density at radius 1 is 0.885 bits per heavy atom. The van der Waals surface area contributed by atoms with Gasteiger partial charge in [-0.3, -0.25) is 4.89 Å². The number of ether oxygens (including phenoxy) is 1. The zero-order valence-corrected chi connectivity index (χ0v) is 17.2. The van der Waals surface area contributed by atoms with E-state index in [9.17, 15) is 9.59 Å². The molecule has 146 valence electrons. The first-order valence-corrected chi connectivity index (χ1v) is 12.7. The summed E-state index contributed by atoms with van der Waals surface area (Å²) >= 11 is 0. The van der Waals surface area contributed by atoms with Crippen molar-refractivity contribution in [3.05, 3.63) is 29.8 Å². The smallest absolute Gasteiger partial charge is 0.432 e. The molecular formula is C19H30O6Si. The van der Waals surface area contributed by atoms with Gasteiger partial charge in [0.15, 0.2) is 0 Å². The van der Waals surface area contributed by atoms with Crippen LogP contribution in [0.5, 0.6) is 0 Å². The van der Waals surface area contributed by atoms with Crippen LogP contribution in [-0.2, 0) is 19.6 Å². The van der Waals surface area contributed by atoms with Crippen LogP contribution in [0.4, 0.5) is 4.79 Å². The van der Waals surface area contributed by atoms with Crippen LogP contribution in [-0.4, -0.2) is 26.8 Å². The van der Waals surface area contributed by atoms with Gasteiger partial charge in [-0.1, -0.05) is 76.0 Å². The fourth-order valence-electron chi connectivity index (χ4n) is 2.29. The number of carbonyl (C=O) groups excluding carboxylic acids is 2. The predicted octanol–water partition coefficient (Wildman–Crippen LogP) is 4.75. The fourth-order valence-corrected chi connectivity index (χ4v) is 3.46. The van der Waals surface area contributed by atoms with E-state index in [0.717, 1.165) is 19.3 Å². The summed E-state index contributed by atoms with van der Waals surface area (Å²) in [4.78, 5) is 31.8. The molecule has 0 aromatic heterocycles. The first-order chi connectivity index (χ1) is 12.3. The molecule has 0 unspecified atom stereocenters. The maximum absolute atomic E-state index is 11.8. The molecule has 0 fully saturated rings. The highest BCUT2D eigenvalue weighted by Gasteiger charge is 2.17. The van der Waals surface area contributed by atoms with Gasteiger partial charge in [0.05, 0.1) is 25.3 Å². The van der Waals surface area contributed by atoms with E-state index in [1.165, 1.54) is 24.4 Å². The first-order valence-electron chi connectivity index (χ1n) is 9.17. The average Bonchev–Trinajstić information content (AvgIpc) is 2.60. The second-order valence-corrected chi connectivity index (χ2v) is 12.3. The molecule has 1 aromatic carbocycles. The van der Waals surface area contributed by atoms with Gasteiger partial charge in [-0.15, -0.1) is 0 Å². The standard InChI is InChI=1S/C19H30O6Si/c1-5-6-7-8-9-10-15-22-19(21)24-25-23-18(20)16-11-13-17(14-12-16)26(2,3)4/h11-14H,5-10,15H2,1-4H3. The quantitative estimate of drug-likeness (QED) is 0.181. The molecule has 0 spiro atoms. The predicted molar refractivity (Wildman–Crippen MR) is 102 cm³/mol. The van der Waals surface area contributed by atoms with Gasteiger partial charge in [-0.05, 0) is 18.6 Å². The summed E-state index contributed by atoms with van der Waals surface area (Å²) in [5.74, 6) is -0.740. The first kappa shape index (κ1) is 22.2. The van der Waals surface area contributed by atoms with Crippen molar-refractivity contribution in [2.75, 3.05) is 6.61 Å². The highest BCUT2D eigenvalue weighted by Crippen LogP contribution is 2.07. The molecule has 0 saturated carbocycles. The van der Waals surface area contributed by atoms with Gasteiger partial charge in [-0.2, -0.15) is 0 Å². The molecule has 1 rings (SSSR count). The highest BCUT2D eigenvalue weighted by atomic mass is 28.3. The number of carbonyl (C=O) groups is 2. The maximum atomic E-state index is 11.8. The van der Waals surface area contributed by atoms with Crippen molar-refractivity contribution < 1.29 is 29.1 Å². The lowest BCUT2D eigenvalue weighted by atomic mass is 10.1. The van der Waals surface area contributed by atoms with Crippen LogP contribution in [0.1, 0.15) is 55.8 Å². The minimum absolute atomic E-state index is 0.250. The van der Waals surface area contributed by atoms with Gasteiger partial charge < -0.3 is 4.74 Å². The van der Waals surface area contributed by atoms with Gasteiger partial charge in [0.2, 0.25) is 0 Å². The second-order valence-electron chi connectivity index (χ2n) is 7.22. The van der Waals surface area contributed by atoms with Gasteiger partial charge in [0.25, 0.3) is 0 Å². The van der Waals surface area contributed by atoms with Crippen molar-refractivity contribution in [2.24, 2.45) is 0 Å². The van der Waals surface area contributed by atoms with E-state index in [4.69, 9.17) is 4.74 Å². The summed E-state index contributed by atoms with van der Waals surface area (Å²) in [7, 11) is -1.43. The Balaban J connectivity index is 2.18. The number of benzene rings is 1. The normalized spacial score (nSPS) is 11.1. The summed E-state index contributed by atoms with van der Waals surface area (Å²) in [6, 6.07) is 7.13. The number of hydrogen-bond donors (Lipinski definition) is 0. The maximum Gasteiger partial charge on any atom is 0.543 e. The average molecular weight is 383 g/mol. The SMILES string of the molecule is CCCCCCCCOC(=O)OOOC(=O)c1ccc([Si](C)(C)C)cc1. The van der Waals surface area contributed by atoms with Gasteiger partial charge in [0.1, 0.15) is 0 Å². The Hall–Kier alpha value is -1.86. The molecule has 0 aliphatic rings. The van der Waals surface area contributed by atoms with E-state index < -0.39 is 20.2 Å². The third kappa shape index (κ3) is 9.01. The van der Waals surface area contributed by atoms with Crippen molar-refractivity contribution in [1.82, 2.24) is 0 Å². The minimum atomic E-state index is -1.43. The zero-order chi connectivity index (χ0) is 19.4. The van der Waals surface area contributed by atoms with E-state index in [0.29, 0.717) is 5.56 Å². The molecular weight excluding hydrogens is 352 g/mol. The molecule has 0 heterocycles. The van der Waals surface area contributed by atoms with Crippen LogP contribution in [0.2, 0.25) is 19.6 Å². The van der Waals surface area contributed by atoms with Crippen LogP contribution in [0.15, 0.2) is 24.3 Å². The molecule has 0 bridgehead atoms. The summed E-state index contributed by atoms with van der Waals surface area (Å²) in [5.41, 5.74) is 0.316. The van der Waals surface area contributed by atoms with E-state index in [1.54, 1.807) is 12.1 Å². The Morgan fingerprint density at radius 3 is 2.12 bits per heavy atom. The van der Waals surface area contributed by atoms with E-state index in [2.05, 4.69) is 41.4 Å². The third-order valence-electron chi connectivity index (χ3n) is 3.92. The minimum Gasteiger partial charge on any atom is -0.432 e. The molecule has 0 aliphatic heterocycles. The molecule has 6 nitrogen and oxygen atoms in total. The van der Waals surface area contributed by atoms with E-state index in [1.807, 2.05) is 12.1 Å². The summed E-state index contributed by atoms with van der Waals surface area (Å²) in [6.07, 6.45) is 5.47. The summed E-state index contributed by atoms with van der Waals surface area (Å²) < 4.78 is 4.82. The highest BCUT2D eigenvalue weighted by molar-refractivity contribution is 6.88. The summed E-state index contributed by atoms with van der Waals surface area (Å²) in [5, 5.41) is 5.43. The lowest BCUT2D eigenvalue weighted by Crippen LogP contribution is -2.37. The van der Waals surface area contributed by atoms with Crippen LogP contribution in [0, 0.1) is 0 Å². The molecule has 0 aliphatic carbocycles. The van der Waals surface area contributed by atoms with Crippen molar-refractivity contribution in [3.8, 4) is 0 Å². The molecule has 0 radical (unpaired) electrons. The molecule has 0 amide bonds. The molecule has 26 heavy (non-hydrogen) atoms. The Morgan fingerprint density at radius 2 is 1.50 bits per heavy atom. The van der Waals surface area contributed by atoms with Crippen LogP contribution in [0.25, 0.3) is 0 Å². The monoisotopic (exact) mass is 382 g/mol. The van der Waals surface area contributed by atoms with Gasteiger partial charge in [-0.25, -0.2) is 14.5 Å². The van der Waals surface area contributed by atoms with Gasteiger partial charge >= 0.3 is 12.1 Å². The van der Waals surface area contributed by atoms with E-state index in [-0.39, 0.29) is 6.61 Å². The lowest BCUT2D eigenvalue weighted by Gasteiger charge is -2.16. The number of hydrogen-bond acceptors (Lipinski definition) is 6. The van der Waals surface area contributed by atoms with Crippen LogP contribution >= 0.6 is 0 Å². The molecule has 1 aromatic rings. The molecule has 0 N–H and O–H groups in total. The Labute approximate surface area is 156 Å². The topological polar surface area (TPSA) is 71.1 Å². The number of rotatable bonds is 11. The molecule has 0 saturated heterocycles. The lowest BCUT2D eigenvalue weighted by molar-refractivity contribution is -0.452. The molecule has 0 atom stereocenters. The van der Waals surface area contributed by atoms with Gasteiger partial charge in [0, 0.05) is 0 Å². The number of unbranched alkanes of at least 4 members (excludes halogenated alkanes) is 5. The Kier molecular flexibility index (Phi) is 9.98. The third-order valence-corrected chi connectivity index (χ3v) is 5.98. The van der Waals surface area contributed by atoms with Crippen molar-refractivity contribution >= 4 is 25.4 Å².